The Labute approximate surface area is 120 Å². The Kier molecular flexibility index (Phi) is 4.24. The summed E-state index contributed by atoms with van der Waals surface area (Å²) in [6, 6.07) is 12.6. The molecule has 1 nitrogen and oxygen atoms in total. The summed E-state index contributed by atoms with van der Waals surface area (Å²) in [4.78, 5) is 0. The first-order valence-electron chi connectivity index (χ1n) is 6.88. The lowest BCUT2D eigenvalue weighted by molar-refractivity contribution is 0.281. The van der Waals surface area contributed by atoms with Crippen molar-refractivity contribution in [2.75, 3.05) is 0 Å². The number of rotatable bonds is 3. The van der Waals surface area contributed by atoms with E-state index in [-0.39, 0.29) is 17.8 Å². The van der Waals surface area contributed by atoms with E-state index in [9.17, 15) is 9.50 Å². The molecule has 0 aliphatic heterocycles. The third-order valence-corrected chi connectivity index (χ3v) is 3.24. The Bertz CT molecular complexity index is 597. The summed E-state index contributed by atoms with van der Waals surface area (Å²) < 4.78 is 14.0. The Morgan fingerprint density at radius 1 is 1.00 bits per heavy atom. The number of aliphatic hydroxyl groups excluding tert-OH is 1. The highest BCUT2D eigenvalue weighted by Crippen LogP contribution is 2.31. The van der Waals surface area contributed by atoms with Crippen LogP contribution >= 0.6 is 0 Å². The summed E-state index contributed by atoms with van der Waals surface area (Å²) in [5.74, 6) is -0.209. The molecule has 0 atom stereocenters. The van der Waals surface area contributed by atoms with Crippen LogP contribution < -0.4 is 0 Å². The summed E-state index contributed by atoms with van der Waals surface area (Å²) in [7, 11) is 0. The molecule has 0 fully saturated rings. The molecule has 0 heterocycles. The molecule has 2 rings (SSSR count). The van der Waals surface area contributed by atoms with Gasteiger partial charge in [-0.3, -0.25) is 0 Å². The molecule has 1 N–H and O–H groups in total. The van der Waals surface area contributed by atoms with E-state index in [2.05, 4.69) is 20.8 Å². The number of halogens is 1. The summed E-state index contributed by atoms with van der Waals surface area (Å²) >= 11 is 0. The fraction of sp³-hybridized carbons (Fsp3) is 0.333. The fourth-order valence-corrected chi connectivity index (χ4v) is 2.41. The van der Waals surface area contributed by atoms with Gasteiger partial charge in [0.05, 0.1) is 6.61 Å². The molecule has 0 spiro atoms. The third kappa shape index (κ3) is 3.45. The Hall–Kier alpha value is -1.67. The highest BCUT2D eigenvalue weighted by atomic mass is 19.1. The van der Waals surface area contributed by atoms with Crippen LogP contribution in [0.15, 0.2) is 42.5 Å². The van der Waals surface area contributed by atoms with Gasteiger partial charge in [-0.15, -0.1) is 0 Å². The minimum absolute atomic E-state index is 0.00863. The minimum Gasteiger partial charge on any atom is -0.392 e. The monoisotopic (exact) mass is 272 g/mol. The molecule has 0 bridgehead atoms. The number of hydrogen-bond acceptors (Lipinski definition) is 1. The van der Waals surface area contributed by atoms with Crippen molar-refractivity contribution in [3.63, 3.8) is 0 Å². The molecular formula is C18H21FO. The second-order valence-electron chi connectivity index (χ2n) is 6.37. The van der Waals surface area contributed by atoms with E-state index in [1.807, 2.05) is 24.3 Å². The molecular weight excluding hydrogens is 251 g/mol. The van der Waals surface area contributed by atoms with Crippen molar-refractivity contribution in [2.24, 2.45) is 5.41 Å². The van der Waals surface area contributed by atoms with Crippen molar-refractivity contribution in [1.82, 2.24) is 0 Å². The van der Waals surface area contributed by atoms with Crippen molar-refractivity contribution >= 4 is 0 Å². The Morgan fingerprint density at radius 3 is 2.30 bits per heavy atom. The van der Waals surface area contributed by atoms with Crippen LogP contribution in [0, 0.1) is 11.2 Å². The summed E-state index contributed by atoms with van der Waals surface area (Å²) in [5.41, 5.74) is 3.58. The van der Waals surface area contributed by atoms with Gasteiger partial charge >= 0.3 is 0 Å². The first-order chi connectivity index (χ1) is 9.40. The van der Waals surface area contributed by atoms with Crippen molar-refractivity contribution in [1.29, 1.82) is 0 Å². The van der Waals surface area contributed by atoms with Crippen molar-refractivity contribution < 1.29 is 9.50 Å². The molecule has 0 aliphatic carbocycles. The molecule has 0 saturated heterocycles. The van der Waals surface area contributed by atoms with E-state index < -0.39 is 0 Å². The second-order valence-corrected chi connectivity index (χ2v) is 6.37. The van der Waals surface area contributed by atoms with E-state index in [0.717, 1.165) is 23.1 Å². The molecule has 0 radical (unpaired) electrons. The normalized spacial score (nSPS) is 11.7. The summed E-state index contributed by atoms with van der Waals surface area (Å²) in [5, 5.41) is 9.30. The van der Waals surface area contributed by atoms with Crippen molar-refractivity contribution in [2.45, 2.75) is 33.8 Å². The van der Waals surface area contributed by atoms with Crippen molar-refractivity contribution in [3.05, 3.63) is 59.4 Å². The first-order valence-corrected chi connectivity index (χ1v) is 6.88. The highest BCUT2D eigenvalue weighted by molar-refractivity contribution is 5.68. The highest BCUT2D eigenvalue weighted by Gasteiger charge is 2.16. The Balaban J connectivity index is 2.55. The largest absolute Gasteiger partial charge is 0.392 e. The van der Waals surface area contributed by atoms with E-state index in [4.69, 9.17) is 0 Å². The SMILES string of the molecule is CC(C)(C)Cc1cc(CO)ccc1-c1ccccc1F. The van der Waals surface area contributed by atoms with Crippen LogP contribution in [0.5, 0.6) is 0 Å². The smallest absolute Gasteiger partial charge is 0.131 e. The van der Waals surface area contributed by atoms with E-state index in [1.165, 1.54) is 6.07 Å². The zero-order valence-corrected chi connectivity index (χ0v) is 12.3. The summed E-state index contributed by atoms with van der Waals surface area (Å²) in [6.07, 6.45) is 0.838. The summed E-state index contributed by atoms with van der Waals surface area (Å²) in [6.45, 7) is 6.48. The Morgan fingerprint density at radius 2 is 1.70 bits per heavy atom. The molecule has 2 heteroatoms. The molecule has 0 unspecified atom stereocenters. The van der Waals surface area contributed by atoms with Gasteiger partial charge in [0.2, 0.25) is 0 Å². The average Bonchev–Trinajstić information content (AvgIpc) is 2.38. The number of aliphatic hydroxyl groups is 1. The van der Waals surface area contributed by atoms with E-state index >= 15 is 0 Å². The first kappa shape index (κ1) is 14.7. The van der Waals surface area contributed by atoms with Crippen LogP contribution in [-0.2, 0) is 13.0 Å². The minimum atomic E-state index is -0.209. The van der Waals surface area contributed by atoms with Gasteiger partial charge in [-0.1, -0.05) is 57.2 Å². The van der Waals surface area contributed by atoms with Gasteiger partial charge in [0.25, 0.3) is 0 Å². The molecule has 2 aromatic rings. The van der Waals surface area contributed by atoms with E-state index in [1.54, 1.807) is 12.1 Å². The standard InChI is InChI=1S/C18H21FO/c1-18(2,3)11-14-10-13(12-20)8-9-15(14)16-6-4-5-7-17(16)19/h4-10,20H,11-12H2,1-3H3. The maximum Gasteiger partial charge on any atom is 0.131 e. The van der Waals surface area contributed by atoms with Gasteiger partial charge in [0.1, 0.15) is 5.82 Å². The second kappa shape index (κ2) is 5.76. The van der Waals surface area contributed by atoms with Crippen LogP contribution in [0.4, 0.5) is 4.39 Å². The lowest BCUT2D eigenvalue weighted by Crippen LogP contribution is -2.10. The average molecular weight is 272 g/mol. The quantitative estimate of drug-likeness (QED) is 0.867. The number of benzene rings is 2. The maximum absolute atomic E-state index is 14.0. The van der Waals surface area contributed by atoms with Crippen LogP contribution in [0.25, 0.3) is 11.1 Å². The maximum atomic E-state index is 14.0. The van der Waals surface area contributed by atoms with Gasteiger partial charge < -0.3 is 5.11 Å². The molecule has 0 saturated carbocycles. The van der Waals surface area contributed by atoms with Gasteiger partial charge in [-0.05, 0) is 34.6 Å². The van der Waals surface area contributed by atoms with Crippen LogP contribution in [0.2, 0.25) is 0 Å². The van der Waals surface area contributed by atoms with Crippen LogP contribution in [-0.4, -0.2) is 5.11 Å². The zero-order valence-electron chi connectivity index (χ0n) is 12.3. The van der Waals surface area contributed by atoms with E-state index in [0.29, 0.717) is 5.56 Å². The zero-order chi connectivity index (χ0) is 14.8. The lowest BCUT2D eigenvalue weighted by Gasteiger charge is -2.21. The van der Waals surface area contributed by atoms with Crippen LogP contribution in [0.1, 0.15) is 31.9 Å². The molecule has 20 heavy (non-hydrogen) atoms. The van der Waals surface area contributed by atoms with Crippen molar-refractivity contribution in [3.8, 4) is 11.1 Å². The molecule has 106 valence electrons. The fourth-order valence-electron chi connectivity index (χ4n) is 2.41. The van der Waals surface area contributed by atoms with Gasteiger partial charge in [-0.25, -0.2) is 4.39 Å². The predicted octanol–water partition coefficient (Wildman–Crippen LogP) is 4.57. The van der Waals surface area contributed by atoms with Gasteiger partial charge in [-0.2, -0.15) is 0 Å². The predicted molar refractivity (Wildman–Crippen MR) is 80.9 cm³/mol. The lowest BCUT2D eigenvalue weighted by atomic mass is 9.84. The van der Waals surface area contributed by atoms with Gasteiger partial charge in [0, 0.05) is 5.56 Å². The number of hydrogen-bond donors (Lipinski definition) is 1. The van der Waals surface area contributed by atoms with Gasteiger partial charge in [0.15, 0.2) is 0 Å². The molecule has 0 aliphatic rings. The molecule has 2 aromatic carbocycles. The molecule has 0 amide bonds. The molecule has 0 aromatic heterocycles. The topological polar surface area (TPSA) is 20.2 Å². The third-order valence-electron chi connectivity index (χ3n) is 3.24. The van der Waals surface area contributed by atoms with Crippen LogP contribution in [0.3, 0.4) is 0 Å².